The van der Waals surface area contributed by atoms with E-state index in [4.69, 9.17) is 4.99 Å². The zero-order valence-corrected chi connectivity index (χ0v) is 22.1. The lowest BCUT2D eigenvalue weighted by Gasteiger charge is -2.34. The van der Waals surface area contributed by atoms with Crippen molar-refractivity contribution < 1.29 is 0 Å². The van der Waals surface area contributed by atoms with Crippen LogP contribution < -0.4 is 10.6 Å². The van der Waals surface area contributed by atoms with Gasteiger partial charge in [-0.25, -0.2) is 4.99 Å². The predicted molar refractivity (Wildman–Crippen MR) is 141 cm³/mol. The molecule has 1 aliphatic rings. The molecule has 0 amide bonds. The van der Waals surface area contributed by atoms with Crippen molar-refractivity contribution in [3.8, 4) is 0 Å². The Morgan fingerprint density at radius 2 is 1.66 bits per heavy atom. The van der Waals surface area contributed by atoms with Gasteiger partial charge in [-0.2, -0.15) is 0 Å². The zero-order chi connectivity index (χ0) is 21.9. The van der Waals surface area contributed by atoms with Crippen LogP contribution in [0.5, 0.6) is 0 Å². The number of aliphatic imine (C=N–C) groups is 1. The second kappa shape index (κ2) is 14.4. The van der Waals surface area contributed by atoms with Crippen LogP contribution in [0.15, 0.2) is 35.6 Å². The number of piperazine rings is 1. The summed E-state index contributed by atoms with van der Waals surface area (Å²) in [5, 5.41) is 14.8. The van der Waals surface area contributed by atoms with Gasteiger partial charge in [0, 0.05) is 58.8 Å². The highest BCUT2D eigenvalue weighted by molar-refractivity contribution is 14.0. The van der Waals surface area contributed by atoms with Crippen LogP contribution in [0, 0.1) is 0 Å². The highest BCUT2D eigenvalue weighted by Crippen LogP contribution is 2.11. The number of halogens is 1. The van der Waals surface area contributed by atoms with E-state index in [1.54, 1.807) is 6.33 Å². The summed E-state index contributed by atoms with van der Waals surface area (Å²) < 4.78 is 2.08. The van der Waals surface area contributed by atoms with Gasteiger partial charge in [0.1, 0.15) is 12.2 Å². The monoisotopic (exact) mass is 554 g/mol. The first kappa shape index (κ1) is 26.5. The average Bonchev–Trinajstić information content (AvgIpc) is 3.26. The molecule has 1 saturated heterocycles. The Balaban J connectivity index is 0.00000363. The third-order valence-corrected chi connectivity index (χ3v) is 5.76. The molecular formula is C23H39IN8. The molecule has 1 fully saturated rings. The summed E-state index contributed by atoms with van der Waals surface area (Å²) in [7, 11) is 0. The fraction of sp³-hybridized carbons (Fsp3) is 0.609. The normalized spacial score (nSPS) is 15.4. The highest BCUT2D eigenvalue weighted by atomic mass is 127. The molecule has 32 heavy (non-hydrogen) atoms. The molecule has 0 unspecified atom stereocenters. The Labute approximate surface area is 209 Å². The number of guanidine groups is 1. The van der Waals surface area contributed by atoms with Crippen LogP contribution in [0.25, 0.3) is 0 Å². The summed E-state index contributed by atoms with van der Waals surface area (Å²) >= 11 is 0. The van der Waals surface area contributed by atoms with Crippen molar-refractivity contribution in [2.24, 2.45) is 4.99 Å². The van der Waals surface area contributed by atoms with Gasteiger partial charge in [0.15, 0.2) is 5.96 Å². The first-order chi connectivity index (χ1) is 15.2. The van der Waals surface area contributed by atoms with Gasteiger partial charge in [0.2, 0.25) is 0 Å². The molecule has 1 aromatic heterocycles. The fourth-order valence-corrected chi connectivity index (χ4v) is 3.82. The van der Waals surface area contributed by atoms with Crippen LogP contribution in [-0.4, -0.2) is 76.3 Å². The number of hydrogen-bond donors (Lipinski definition) is 2. The second-order valence-corrected chi connectivity index (χ2v) is 7.94. The minimum atomic E-state index is 0. The maximum Gasteiger partial charge on any atom is 0.191 e. The van der Waals surface area contributed by atoms with Crippen LogP contribution in [0.3, 0.4) is 0 Å². The molecule has 178 valence electrons. The smallest absolute Gasteiger partial charge is 0.191 e. The molecule has 0 aliphatic carbocycles. The van der Waals surface area contributed by atoms with Crippen LogP contribution in [-0.2, 0) is 26.1 Å². The molecule has 0 atom stereocenters. The number of likely N-dealkylation sites (N-methyl/N-ethyl adjacent to an activating group) is 1. The predicted octanol–water partition coefficient (Wildman–Crippen LogP) is 2.35. The maximum atomic E-state index is 4.75. The molecule has 0 radical (unpaired) electrons. The van der Waals surface area contributed by atoms with Crippen molar-refractivity contribution in [1.82, 2.24) is 35.2 Å². The van der Waals surface area contributed by atoms with Crippen molar-refractivity contribution in [3.05, 3.63) is 47.5 Å². The Morgan fingerprint density at radius 3 is 2.31 bits per heavy atom. The van der Waals surface area contributed by atoms with E-state index in [1.807, 2.05) is 0 Å². The Kier molecular flexibility index (Phi) is 12.0. The van der Waals surface area contributed by atoms with Crippen molar-refractivity contribution in [2.45, 2.75) is 46.8 Å². The summed E-state index contributed by atoms with van der Waals surface area (Å²) in [6.07, 6.45) is 2.68. The number of benzene rings is 1. The molecule has 2 heterocycles. The lowest BCUT2D eigenvalue weighted by atomic mass is 10.1. The van der Waals surface area contributed by atoms with Crippen molar-refractivity contribution >= 4 is 29.9 Å². The second-order valence-electron chi connectivity index (χ2n) is 7.94. The van der Waals surface area contributed by atoms with Crippen molar-refractivity contribution in [1.29, 1.82) is 0 Å². The van der Waals surface area contributed by atoms with Crippen molar-refractivity contribution in [2.75, 3.05) is 45.8 Å². The third-order valence-electron chi connectivity index (χ3n) is 5.76. The summed E-state index contributed by atoms with van der Waals surface area (Å²) in [6, 6.07) is 8.90. The number of nitrogens with one attached hydrogen (secondary N) is 2. The van der Waals surface area contributed by atoms with Gasteiger partial charge in [-0.05, 0) is 24.6 Å². The van der Waals surface area contributed by atoms with Gasteiger partial charge >= 0.3 is 0 Å². The molecule has 1 aromatic carbocycles. The van der Waals surface area contributed by atoms with E-state index < -0.39 is 0 Å². The van der Waals surface area contributed by atoms with E-state index in [1.165, 1.54) is 24.2 Å². The number of hydrogen-bond acceptors (Lipinski definition) is 5. The number of aromatic nitrogens is 3. The zero-order valence-electron chi connectivity index (χ0n) is 19.8. The topological polar surface area (TPSA) is 73.6 Å². The van der Waals surface area contributed by atoms with Gasteiger partial charge in [-0.15, -0.1) is 34.2 Å². The fourth-order valence-electron chi connectivity index (χ4n) is 3.82. The van der Waals surface area contributed by atoms with Crippen LogP contribution >= 0.6 is 24.0 Å². The van der Waals surface area contributed by atoms with E-state index >= 15 is 0 Å². The Bertz CT molecular complexity index is 797. The van der Waals surface area contributed by atoms with E-state index in [0.717, 1.165) is 64.0 Å². The maximum absolute atomic E-state index is 4.75. The Morgan fingerprint density at radius 1 is 0.969 bits per heavy atom. The van der Waals surface area contributed by atoms with Crippen LogP contribution in [0.1, 0.15) is 37.7 Å². The first-order valence-electron chi connectivity index (χ1n) is 11.6. The lowest BCUT2D eigenvalue weighted by Crippen LogP contribution is -2.45. The number of nitrogens with zero attached hydrogens (tertiary/aromatic N) is 6. The molecule has 9 heteroatoms. The van der Waals surface area contributed by atoms with Gasteiger partial charge in [-0.3, -0.25) is 4.90 Å². The molecular weight excluding hydrogens is 515 g/mol. The standard InChI is InChI=1S/C23H38N8.HI/c1-4-22-28-27-19-31(22)12-11-25-23(24-5-2)26-17-20-7-9-21(10-8-20)18-30-15-13-29(6-3)14-16-30;/h7-10,19H,4-6,11-18H2,1-3H3,(H2,24,25,26);1H. The van der Waals surface area contributed by atoms with Crippen LogP contribution in [0.2, 0.25) is 0 Å². The molecule has 0 spiro atoms. The summed E-state index contributed by atoms with van der Waals surface area (Å²) in [4.78, 5) is 9.81. The van der Waals surface area contributed by atoms with E-state index in [2.05, 4.69) is 80.2 Å². The summed E-state index contributed by atoms with van der Waals surface area (Å²) in [5.74, 6) is 1.85. The third kappa shape index (κ3) is 8.32. The lowest BCUT2D eigenvalue weighted by molar-refractivity contribution is 0.132. The number of rotatable bonds is 10. The van der Waals surface area contributed by atoms with E-state index in [-0.39, 0.29) is 24.0 Å². The van der Waals surface area contributed by atoms with Gasteiger partial charge in [0.05, 0.1) is 6.54 Å². The molecule has 3 rings (SSSR count). The molecule has 2 N–H and O–H groups in total. The highest BCUT2D eigenvalue weighted by Gasteiger charge is 2.15. The quantitative estimate of drug-likeness (QED) is 0.267. The van der Waals surface area contributed by atoms with Crippen molar-refractivity contribution in [3.63, 3.8) is 0 Å². The largest absolute Gasteiger partial charge is 0.357 e. The Hall–Kier alpha value is -1.72. The molecule has 8 nitrogen and oxygen atoms in total. The minimum Gasteiger partial charge on any atom is -0.357 e. The van der Waals surface area contributed by atoms with Gasteiger partial charge < -0.3 is 20.1 Å². The molecule has 1 aliphatic heterocycles. The molecule has 2 aromatic rings. The first-order valence-corrected chi connectivity index (χ1v) is 11.6. The van der Waals surface area contributed by atoms with E-state index in [0.29, 0.717) is 6.54 Å². The summed E-state index contributed by atoms with van der Waals surface area (Å²) in [6.45, 7) is 16.4. The SMILES string of the molecule is CCNC(=NCc1ccc(CN2CCN(CC)CC2)cc1)NCCn1cnnc1CC.I. The minimum absolute atomic E-state index is 0. The molecule has 0 bridgehead atoms. The van der Waals surface area contributed by atoms with Gasteiger partial charge in [0.25, 0.3) is 0 Å². The average molecular weight is 555 g/mol. The van der Waals surface area contributed by atoms with Gasteiger partial charge in [-0.1, -0.05) is 38.1 Å². The van der Waals surface area contributed by atoms with E-state index in [9.17, 15) is 0 Å². The number of aryl methyl sites for hydroxylation is 1. The molecule has 0 saturated carbocycles. The summed E-state index contributed by atoms with van der Waals surface area (Å²) in [5.41, 5.74) is 2.60. The van der Waals surface area contributed by atoms with Crippen LogP contribution in [0.4, 0.5) is 0 Å².